The minimum absolute atomic E-state index is 0.0493. The molecule has 31 heavy (non-hydrogen) atoms. The average Bonchev–Trinajstić information content (AvgIpc) is 3.24. The first-order valence-electron chi connectivity index (χ1n) is 11.7. The van der Waals surface area contributed by atoms with Crippen molar-refractivity contribution in [2.75, 3.05) is 12.3 Å². The third-order valence-electron chi connectivity index (χ3n) is 7.68. The Kier molecular flexibility index (Phi) is 4.90. The smallest absolute Gasteiger partial charge is 0.319 e. The van der Waals surface area contributed by atoms with E-state index in [-0.39, 0.29) is 16.9 Å². The second-order valence-electron chi connectivity index (χ2n) is 10.0. The molecule has 2 aromatic rings. The summed E-state index contributed by atoms with van der Waals surface area (Å²) in [7, 11) is 0. The maximum Gasteiger partial charge on any atom is 0.319 e. The lowest BCUT2D eigenvalue weighted by Crippen LogP contribution is -2.61. The number of hydrogen-bond acceptors (Lipinski definition) is 3. The van der Waals surface area contributed by atoms with Gasteiger partial charge in [-0.05, 0) is 86.1 Å². The summed E-state index contributed by atoms with van der Waals surface area (Å²) in [5, 5.41) is 3.61. The first kappa shape index (κ1) is 19.5. The van der Waals surface area contributed by atoms with Gasteiger partial charge in [0.2, 0.25) is 0 Å². The van der Waals surface area contributed by atoms with Gasteiger partial charge in [0.25, 0.3) is 0 Å². The molecule has 1 atom stereocenters. The molecule has 0 aromatic heterocycles. The van der Waals surface area contributed by atoms with Crippen LogP contribution in [0.4, 0.5) is 4.79 Å². The van der Waals surface area contributed by atoms with E-state index in [1.807, 2.05) is 59.1 Å². The minimum atomic E-state index is 0.0493. The average molecular weight is 435 g/mol. The van der Waals surface area contributed by atoms with Crippen LogP contribution in [0.5, 0.6) is 11.5 Å². The zero-order chi connectivity index (χ0) is 20.8. The molecule has 1 heterocycles. The lowest BCUT2D eigenvalue weighted by molar-refractivity contribution is -0.0156. The number of carbonyl (C=O) groups excluding carboxylic acids is 1. The Morgan fingerprint density at radius 3 is 2.32 bits per heavy atom. The van der Waals surface area contributed by atoms with Gasteiger partial charge in [0.1, 0.15) is 16.9 Å². The summed E-state index contributed by atoms with van der Waals surface area (Å²) >= 11 is 1.85. The van der Waals surface area contributed by atoms with E-state index in [1.54, 1.807) is 0 Å². The van der Waals surface area contributed by atoms with E-state index in [9.17, 15) is 4.79 Å². The molecule has 0 radical (unpaired) electrons. The predicted molar refractivity (Wildman–Crippen MR) is 124 cm³/mol. The van der Waals surface area contributed by atoms with Crippen LogP contribution < -0.4 is 10.1 Å². The molecular formula is C26H30N2O2S. The van der Waals surface area contributed by atoms with Gasteiger partial charge >= 0.3 is 6.03 Å². The third-order valence-corrected chi connectivity index (χ3v) is 8.94. The first-order valence-corrected chi connectivity index (χ1v) is 12.7. The molecule has 2 aromatic carbocycles. The van der Waals surface area contributed by atoms with Crippen LogP contribution in [0.3, 0.4) is 0 Å². The Bertz CT molecular complexity index is 928. The van der Waals surface area contributed by atoms with Crippen molar-refractivity contribution in [1.82, 2.24) is 10.2 Å². The number of carbonyl (C=O) groups is 1. The lowest BCUT2D eigenvalue weighted by atomic mass is 9.53. The van der Waals surface area contributed by atoms with Crippen LogP contribution in [0.25, 0.3) is 0 Å². The highest BCUT2D eigenvalue weighted by Crippen LogP contribution is 2.55. The Hall–Kier alpha value is -2.14. The van der Waals surface area contributed by atoms with Crippen LogP contribution in [0, 0.1) is 17.8 Å². The summed E-state index contributed by atoms with van der Waals surface area (Å²) in [6.07, 6.45) is 7.76. The van der Waals surface area contributed by atoms with Crippen LogP contribution in [0.2, 0.25) is 0 Å². The van der Waals surface area contributed by atoms with Crippen molar-refractivity contribution in [1.29, 1.82) is 0 Å². The molecule has 7 rings (SSSR count). The molecule has 2 amide bonds. The summed E-state index contributed by atoms with van der Waals surface area (Å²) in [5.74, 6) is 5.13. The highest BCUT2D eigenvalue weighted by Gasteiger charge is 2.52. The summed E-state index contributed by atoms with van der Waals surface area (Å²) in [4.78, 5) is 15.5. The first-order chi connectivity index (χ1) is 15.2. The van der Waals surface area contributed by atoms with Gasteiger partial charge < -0.3 is 15.0 Å². The minimum Gasteiger partial charge on any atom is -0.457 e. The largest absolute Gasteiger partial charge is 0.457 e. The van der Waals surface area contributed by atoms with E-state index in [0.717, 1.165) is 47.1 Å². The zero-order valence-corrected chi connectivity index (χ0v) is 18.7. The standard InChI is InChI=1S/C26H30N2O2S/c29-25(27-26-15-18-11-19(16-26)13-20(12-18)17-26)28-9-10-31-24(28)21-5-4-8-23(14-21)30-22-6-2-1-3-7-22/h1-8,14,18-20,24H,9-13,15-17H2,(H,27,29). The molecule has 5 aliphatic rings. The van der Waals surface area contributed by atoms with E-state index < -0.39 is 0 Å². The van der Waals surface area contributed by atoms with E-state index >= 15 is 0 Å². The predicted octanol–water partition coefficient (Wildman–Crippen LogP) is 6.20. The molecule has 0 spiro atoms. The van der Waals surface area contributed by atoms with Gasteiger partial charge in [-0.25, -0.2) is 4.79 Å². The highest BCUT2D eigenvalue weighted by molar-refractivity contribution is 7.99. The molecule has 4 saturated carbocycles. The number of hydrogen-bond donors (Lipinski definition) is 1. The van der Waals surface area contributed by atoms with Gasteiger partial charge in [-0.3, -0.25) is 0 Å². The number of thioether (sulfide) groups is 1. The van der Waals surface area contributed by atoms with Gasteiger partial charge in [-0.2, -0.15) is 0 Å². The second kappa shape index (κ2) is 7.77. The molecule has 5 heteroatoms. The summed E-state index contributed by atoms with van der Waals surface area (Å²) in [6.45, 7) is 0.803. The highest BCUT2D eigenvalue weighted by atomic mass is 32.2. The molecular weight excluding hydrogens is 404 g/mol. The van der Waals surface area contributed by atoms with Crippen LogP contribution in [-0.2, 0) is 0 Å². The van der Waals surface area contributed by atoms with Crippen molar-refractivity contribution in [2.45, 2.75) is 49.4 Å². The van der Waals surface area contributed by atoms with Crippen molar-refractivity contribution in [3.05, 3.63) is 60.2 Å². The quantitative estimate of drug-likeness (QED) is 0.622. The van der Waals surface area contributed by atoms with Crippen LogP contribution in [0.1, 0.15) is 49.5 Å². The fourth-order valence-corrected chi connectivity index (χ4v) is 8.12. The Balaban J connectivity index is 1.18. The second-order valence-corrected chi connectivity index (χ2v) is 11.2. The van der Waals surface area contributed by atoms with Crippen molar-refractivity contribution in [3.63, 3.8) is 0 Å². The molecule has 1 unspecified atom stereocenters. The van der Waals surface area contributed by atoms with Crippen molar-refractivity contribution in [2.24, 2.45) is 17.8 Å². The maximum absolute atomic E-state index is 13.5. The van der Waals surface area contributed by atoms with Crippen molar-refractivity contribution in [3.8, 4) is 11.5 Å². The van der Waals surface area contributed by atoms with Gasteiger partial charge in [-0.15, -0.1) is 11.8 Å². The Morgan fingerprint density at radius 2 is 1.61 bits per heavy atom. The number of para-hydroxylation sites is 1. The van der Waals surface area contributed by atoms with Crippen LogP contribution in [0.15, 0.2) is 54.6 Å². The van der Waals surface area contributed by atoms with Gasteiger partial charge in [0, 0.05) is 17.8 Å². The third kappa shape index (κ3) is 3.82. The number of nitrogens with zero attached hydrogens (tertiary/aromatic N) is 1. The summed E-state index contributed by atoms with van der Waals surface area (Å²) in [6, 6.07) is 18.2. The van der Waals surface area contributed by atoms with Gasteiger partial charge in [-0.1, -0.05) is 30.3 Å². The maximum atomic E-state index is 13.5. The molecule has 1 N–H and O–H groups in total. The topological polar surface area (TPSA) is 41.6 Å². The van der Waals surface area contributed by atoms with Crippen molar-refractivity contribution >= 4 is 17.8 Å². The molecule has 4 aliphatic carbocycles. The van der Waals surface area contributed by atoms with Crippen LogP contribution >= 0.6 is 11.8 Å². The molecule has 5 fully saturated rings. The van der Waals surface area contributed by atoms with Gasteiger partial charge in [0.15, 0.2) is 0 Å². The molecule has 162 valence electrons. The summed E-state index contributed by atoms with van der Waals surface area (Å²) < 4.78 is 6.04. The van der Waals surface area contributed by atoms with E-state index in [2.05, 4.69) is 17.4 Å². The van der Waals surface area contributed by atoms with E-state index in [0.29, 0.717) is 0 Å². The zero-order valence-electron chi connectivity index (χ0n) is 17.8. The Morgan fingerprint density at radius 1 is 0.935 bits per heavy atom. The van der Waals surface area contributed by atoms with E-state index in [1.165, 1.54) is 38.5 Å². The molecule has 4 nitrogen and oxygen atoms in total. The molecule has 4 bridgehead atoms. The summed E-state index contributed by atoms with van der Waals surface area (Å²) in [5.41, 5.74) is 1.19. The van der Waals surface area contributed by atoms with E-state index in [4.69, 9.17) is 4.74 Å². The monoisotopic (exact) mass is 434 g/mol. The molecule has 1 saturated heterocycles. The van der Waals surface area contributed by atoms with Gasteiger partial charge in [0.05, 0.1) is 0 Å². The number of rotatable bonds is 4. The SMILES string of the molecule is O=C(NC12CC3CC(CC(C3)C1)C2)N1CCSC1c1cccc(Oc2ccccc2)c1. The lowest BCUT2D eigenvalue weighted by Gasteiger charge is -2.57. The number of ether oxygens (including phenoxy) is 1. The Labute approximate surface area is 188 Å². The number of nitrogens with one attached hydrogen (secondary N) is 1. The number of urea groups is 1. The number of benzene rings is 2. The normalized spacial score (nSPS) is 33.5. The number of amides is 2. The van der Waals surface area contributed by atoms with Crippen LogP contribution in [-0.4, -0.2) is 28.8 Å². The molecule has 1 aliphatic heterocycles. The van der Waals surface area contributed by atoms with Crippen molar-refractivity contribution < 1.29 is 9.53 Å². The fourth-order valence-electron chi connectivity index (χ4n) is 6.87. The fraction of sp³-hybridized carbons (Fsp3) is 0.500.